The Morgan fingerprint density at radius 2 is 1.12 bits per heavy atom. The third-order valence-corrected chi connectivity index (χ3v) is 3.43. The van der Waals surface area contributed by atoms with E-state index in [4.69, 9.17) is 30.7 Å². The first-order chi connectivity index (χ1) is 11.8. The summed E-state index contributed by atoms with van der Waals surface area (Å²) in [5, 5.41) is 0. The van der Waals surface area contributed by atoms with Crippen LogP contribution in [-0.2, 0) is 4.57 Å². The summed E-state index contributed by atoms with van der Waals surface area (Å²) in [4.78, 5) is 21.6. The van der Waals surface area contributed by atoms with E-state index in [1.54, 1.807) is 0 Å². The van der Waals surface area contributed by atoms with Gasteiger partial charge in [0, 0.05) is 5.56 Å². The van der Waals surface area contributed by atoms with Crippen molar-refractivity contribution < 1.29 is 19.2 Å². The van der Waals surface area contributed by atoms with E-state index in [2.05, 4.69) is 24.3 Å². The Morgan fingerprint density at radius 3 is 1.60 bits per heavy atom. The minimum atomic E-state index is -4.64. The van der Waals surface area contributed by atoms with Crippen molar-refractivity contribution in [2.75, 3.05) is 11.5 Å². The molecular weight excluding hydrogens is 339 g/mol. The Kier molecular flexibility index (Phi) is 5.96. The molecule has 0 aromatic heterocycles. The standard InChI is InChI=1S/C18H16N2.H3O4P/c19-16-12-11-15(13-7-3-1-4-8-13)17(18(16)20)14-9-5-2-6-10-14;1-5(2,3)4/h1-12H,19-20H2;(H3,1,2,3,4). The molecule has 0 heterocycles. The molecule has 0 fully saturated rings. The summed E-state index contributed by atoms with van der Waals surface area (Å²) in [6, 6.07) is 24.2. The molecule has 0 saturated heterocycles. The highest BCUT2D eigenvalue weighted by Gasteiger charge is 2.12. The van der Waals surface area contributed by atoms with Gasteiger partial charge in [-0.1, -0.05) is 66.7 Å². The largest absolute Gasteiger partial charge is 0.466 e. The first-order valence-electron chi connectivity index (χ1n) is 7.34. The zero-order chi connectivity index (χ0) is 18.4. The Hall–Kier alpha value is -2.63. The molecule has 0 aliphatic rings. The average Bonchev–Trinajstić information content (AvgIpc) is 2.57. The van der Waals surface area contributed by atoms with E-state index >= 15 is 0 Å². The van der Waals surface area contributed by atoms with Crippen LogP contribution in [0.15, 0.2) is 72.8 Å². The Balaban J connectivity index is 0.000000399. The van der Waals surface area contributed by atoms with Crippen molar-refractivity contribution in [2.45, 2.75) is 0 Å². The summed E-state index contributed by atoms with van der Waals surface area (Å²) in [6.45, 7) is 0. The number of hydrogen-bond acceptors (Lipinski definition) is 3. The molecule has 0 radical (unpaired) electrons. The van der Waals surface area contributed by atoms with Gasteiger partial charge in [-0.3, -0.25) is 0 Å². The van der Waals surface area contributed by atoms with E-state index in [-0.39, 0.29) is 0 Å². The molecule has 0 aliphatic heterocycles. The van der Waals surface area contributed by atoms with Crippen molar-refractivity contribution in [2.24, 2.45) is 0 Å². The van der Waals surface area contributed by atoms with Crippen molar-refractivity contribution in [1.82, 2.24) is 0 Å². The molecule has 25 heavy (non-hydrogen) atoms. The molecule has 7 N–H and O–H groups in total. The lowest BCUT2D eigenvalue weighted by atomic mass is 9.92. The van der Waals surface area contributed by atoms with E-state index in [9.17, 15) is 0 Å². The van der Waals surface area contributed by atoms with E-state index in [1.807, 2.05) is 48.5 Å². The number of anilines is 2. The zero-order valence-corrected chi connectivity index (χ0v) is 14.2. The predicted molar refractivity (Wildman–Crippen MR) is 100 cm³/mol. The van der Waals surface area contributed by atoms with Gasteiger partial charge in [0.1, 0.15) is 0 Å². The third kappa shape index (κ3) is 5.45. The monoisotopic (exact) mass is 358 g/mol. The van der Waals surface area contributed by atoms with E-state index in [0.29, 0.717) is 11.4 Å². The highest BCUT2D eigenvalue weighted by atomic mass is 31.2. The summed E-state index contributed by atoms with van der Waals surface area (Å²) in [5.41, 5.74) is 17.8. The number of rotatable bonds is 2. The molecule has 3 rings (SSSR count). The van der Waals surface area contributed by atoms with Gasteiger partial charge in [0.05, 0.1) is 11.4 Å². The maximum absolute atomic E-state index is 8.88. The minimum absolute atomic E-state index is 0.614. The van der Waals surface area contributed by atoms with Crippen LogP contribution >= 0.6 is 7.82 Å². The number of hydrogen-bond donors (Lipinski definition) is 5. The van der Waals surface area contributed by atoms with E-state index in [0.717, 1.165) is 22.3 Å². The molecule has 0 aliphatic carbocycles. The molecule has 7 heteroatoms. The van der Waals surface area contributed by atoms with Crippen molar-refractivity contribution >= 4 is 19.2 Å². The lowest BCUT2D eigenvalue weighted by Crippen LogP contribution is -1.99. The van der Waals surface area contributed by atoms with Crippen molar-refractivity contribution in [3.63, 3.8) is 0 Å². The average molecular weight is 358 g/mol. The molecule has 3 aromatic rings. The lowest BCUT2D eigenvalue weighted by molar-refractivity contribution is 0.275. The number of nitrogen functional groups attached to an aromatic ring is 2. The number of nitrogens with two attached hydrogens (primary N) is 2. The van der Waals surface area contributed by atoms with Crippen LogP contribution in [0.3, 0.4) is 0 Å². The van der Waals surface area contributed by atoms with Crippen molar-refractivity contribution in [3.8, 4) is 22.3 Å². The molecular formula is C18H19N2O4P. The molecule has 0 amide bonds. The van der Waals surface area contributed by atoms with Crippen LogP contribution in [0.25, 0.3) is 22.3 Å². The second-order valence-corrected chi connectivity index (χ2v) is 6.26. The minimum Gasteiger partial charge on any atom is -0.397 e. The molecule has 3 aromatic carbocycles. The fraction of sp³-hybridized carbons (Fsp3) is 0. The lowest BCUT2D eigenvalue weighted by Gasteiger charge is -2.15. The highest BCUT2D eigenvalue weighted by Crippen LogP contribution is 2.39. The number of benzene rings is 3. The van der Waals surface area contributed by atoms with Crippen molar-refractivity contribution in [1.29, 1.82) is 0 Å². The van der Waals surface area contributed by atoms with E-state index in [1.165, 1.54) is 0 Å². The number of phosphoric acid groups is 1. The maximum Gasteiger partial charge on any atom is 0.466 e. The molecule has 0 unspecified atom stereocenters. The van der Waals surface area contributed by atoms with Crippen LogP contribution in [0.2, 0.25) is 0 Å². The zero-order valence-electron chi connectivity index (χ0n) is 13.3. The first kappa shape index (κ1) is 18.7. The van der Waals surface area contributed by atoms with Gasteiger partial charge in [0.15, 0.2) is 0 Å². The predicted octanol–water partition coefficient (Wildman–Crippen LogP) is 3.26. The van der Waals surface area contributed by atoms with Gasteiger partial charge in [-0.25, -0.2) is 4.57 Å². The smallest absolute Gasteiger partial charge is 0.397 e. The molecule has 0 atom stereocenters. The Morgan fingerprint density at radius 1 is 0.680 bits per heavy atom. The summed E-state index contributed by atoms with van der Waals surface area (Å²) in [5.74, 6) is 0. The maximum atomic E-state index is 8.88. The fourth-order valence-corrected chi connectivity index (χ4v) is 2.41. The summed E-state index contributed by atoms with van der Waals surface area (Å²) < 4.78 is 8.88. The van der Waals surface area contributed by atoms with Crippen LogP contribution in [-0.4, -0.2) is 14.7 Å². The van der Waals surface area contributed by atoms with Gasteiger partial charge in [-0.2, -0.15) is 0 Å². The van der Waals surface area contributed by atoms with E-state index < -0.39 is 7.82 Å². The second-order valence-electron chi connectivity index (χ2n) is 5.24. The van der Waals surface area contributed by atoms with Gasteiger partial charge in [-0.05, 0) is 22.8 Å². The normalized spacial score (nSPS) is 10.7. The van der Waals surface area contributed by atoms with Gasteiger partial charge in [-0.15, -0.1) is 0 Å². The molecule has 0 spiro atoms. The topological polar surface area (TPSA) is 130 Å². The summed E-state index contributed by atoms with van der Waals surface area (Å²) in [7, 11) is -4.64. The van der Waals surface area contributed by atoms with Gasteiger partial charge in [0.25, 0.3) is 0 Å². The Labute approximate surface area is 145 Å². The second kappa shape index (κ2) is 7.96. The van der Waals surface area contributed by atoms with Crippen LogP contribution in [0.1, 0.15) is 0 Å². The first-order valence-corrected chi connectivity index (χ1v) is 8.91. The quantitative estimate of drug-likeness (QED) is 0.353. The summed E-state index contributed by atoms with van der Waals surface area (Å²) in [6.07, 6.45) is 0. The fourth-order valence-electron chi connectivity index (χ4n) is 2.41. The molecule has 130 valence electrons. The SMILES string of the molecule is Nc1ccc(-c2ccccc2)c(-c2ccccc2)c1N.O=P(O)(O)O. The van der Waals surface area contributed by atoms with Gasteiger partial charge in [0.2, 0.25) is 0 Å². The molecule has 0 saturated carbocycles. The molecule has 6 nitrogen and oxygen atoms in total. The summed E-state index contributed by atoms with van der Waals surface area (Å²) >= 11 is 0. The van der Waals surface area contributed by atoms with Crippen LogP contribution in [0.4, 0.5) is 11.4 Å². The van der Waals surface area contributed by atoms with Crippen LogP contribution in [0, 0.1) is 0 Å². The third-order valence-electron chi connectivity index (χ3n) is 3.43. The van der Waals surface area contributed by atoms with Crippen molar-refractivity contribution in [3.05, 3.63) is 72.8 Å². The van der Waals surface area contributed by atoms with Gasteiger partial charge < -0.3 is 26.1 Å². The van der Waals surface area contributed by atoms with Crippen LogP contribution < -0.4 is 11.5 Å². The van der Waals surface area contributed by atoms with Crippen LogP contribution in [0.5, 0.6) is 0 Å². The Bertz CT molecular complexity index is 872. The highest BCUT2D eigenvalue weighted by molar-refractivity contribution is 7.45. The molecule has 0 bridgehead atoms. The van der Waals surface area contributed by atoms with Gasteiger partial charge >= 0.3 is 7.82 Å².